The summed E-state index contributed by atoms with van der Waals surface area (Å²) < 4.78 is 5.61. The molecule has 3 unspecified atom stereocenters. The molecule has 0 aromatic carbocycles. The van der Waals surface area contributed by atoms with Gasteiger partial charge in [-0.1, -0.05) is 0 Å². The molecular formula is C13H24N2O2. The van der Waals surface area contributed by atoms with E-state index in [0.717, 1.165) is 38.8 Å². The van der Waals surface area contributed by atoms with E-state index in [1.807, 2.05) is 0 Å². The number of amides is 1. The molecule has 2 fully saturated rings. The topological polar surface area (TPSA) is 50.4 Å². The predicted molar refractivity (Wildman–Crippen MR) is 66.8 cm³/mol. The van der Waals surface area contributed by atoms with Gasteiger partial charge in [-0.3, -0.25) is 4.79 Å². The van der Waals surface area contributed by atoms with Crippen molar-refractivity contribution in [1.29, 1.82) is 0 Å². The van der Waals surface area contributed by atoms with Crippen LogP contribution in [-0.4, -0.2) is 37.7 Å². The number of hydrogen-bond donors (Lipinski definition) is 2. The van der Waals surface area contributed by atoms with Gasteiger partial charge in [0.2, 0.25) is 5.91 Å². The molecule has 2 aliphatic heterocycles. The van der Waals surface area contributed by atoms with Crippen molar-refractivity contribution in [2.24, 2.45) is 5.92 Å². The van der Waals surface area contributed by atoms with Crippen LogP contribution in [0.25, 0.3) is 0 Å². The van der Waals surface area contributed by atoms with Gasteiger partial charge >= 0.3 is 0 Å². The van der Waals surface area contributed by atoms with E-state index < -0.39 is 0 Å². The standard InChI is InChI=1S/C13H24N2O2/c1-10-8-11(5-6-14-10)13(16)15-9-12-4-2-3-7-17-12/h10-12,14H,2-9H2,1H3,(H,15,16). The number of nitrogens with one attached hydrogen (secondary N) is 2. The molecule has 0 aliphatic carbocycles. The van der Waals surface area contributed by atoms with Crippen LogP contribution in [0.3, 0.4) is 0 Å². The van der Waals surface area contributed by atoms with Crippen LogP contribution in [0.2, 0.25) is 0 Å². The zero-order chi connectivity index (χ0) is 12.1. The Morgan fingerprint density at radius 1 is 1.41 bits per heavy atom. The summed E-state index contributed by atoms with van der Waals surface area (Å²) in [5, 5.41) is 6.42. The zero-order valence-electron chi connectivity index (χ0n) is 10.7. The summed E-state index contributed by atoms with van der Waals surface area (Å²) in [6.07, 6.45) is 5.63. The van der Waals surface area contributed by atoms with Crippen molar-refractivity contribution in [3.8, 4) is 0 Å². The van der Waals surface area contributed by atoms with Crippen LogP contribution in [0, 0.1) is 5.92 Å². The van der Waals surface area contributed by atoms with Gasteiger partial charge in [0.1, 0.15) is 0 Å². The molecule has 98 valence electrons. The highest BCUT2D eigenvalue weighted by Crippen LogP contribution is 2.16. The Morgan fingerprint density at radius 3 is 3.00 bits per heavy atom. The van der Waals surface area contributed by atoms with E-state index in [-0.39, 0.29) is 17.9 Å². The number of carbonyl (C=O) groups is 1. The van der Waals surface area contributed by atoms with Crippen molar-refractivity contribution in [3.63, 3.8) is 0 Å². The molecule has 1 amide bonds. The number of hydrogen-bond acceptors (Lipinski definition) is 3. The second-order valence-corrected chi connectivity index (χ2v) is 5.31. The van der Waals surface area contributed by atoms with Gasteiger partial charge in [-0.25, -0.2) is 0 Å². The summed E-state index contributed by atoms with van der Waals surface area (Å²) in [7, 11) is 0. The van der Waals surface area contributed by atoms with Crippen molar-refractivity contribution in [1.82, 2.24) is 10.6 Å². The molecule has 0 saturated carbocycles. The summed E-state index contributed by atoms with van der Waals surface area (Å²) in [6.45, 7) is 4.64. The second kappa shape index (κ2) is 6.36. The quantitative estimate of drug-likeness (QED) is 0.775. The van der Waals surface area contributed by atoms with E-state index in [2.05, 4.69) is 17.6 Å². The Morgan fingerprint density at radius 2 is 2.29 bits per heavy atom. The molecule has 2 aliphatic rings. The molecular weight excluding hydrogens is 216 g/mol. The second-order valence-electron chi connectivity index (χ2n) is 5.31. The highest BCUT2D eigenvalue weighted by Gasteiger charge is 2.25. The fourth-order valence-electron chi connectivity index (χ4n) is 2.70. The van der Waals surface area contributed by atoms with E-state index >= 15 is 0 Å². The number of ether oxygens (including phenoxy) is 1. The zero-order valence-corrected chi connectivity index (χ0v) is 10.7. The summed E-state index contributed by atoms with van der Waals surface area (Å²) >= 11 is 0. The SMILES string of the molecule is CC1CC(C(=O)NCC2CCCCO2)CCN1. The first-order valence-electron chi connectivity index (χ1n) is 6.88. The predicted octanol–water partition coefficient (Wildman–Crippen LogP) is 1.06. The van der Waals surface area contributed by atoms with E-state index in [1.165, 1.54) is 6.42 Å². The molecule has 4 heteroatoms. The summed E-state index contributed by atoms with van der Waals surface area (Å²) in [5.41, 5.74) is 0. The van der Waals surface area contributed by atoms with Crippen molar-refractivity contribution < 1.29 is 9.53 Å². The van der Waals surface area contributed by atoms with Crippen LogP contribution in [0.4, 0.5) is 0 Å². The molecule has 0 bridgehead atoms. The Kier molecular flexibility index (Phi) is 4.80. The minimum atomic E-state index is 0.190. The maximum absolute atomic E-state index is 12.0. The first-order valence-corrected chi connectivity index (χ1v) is 6.88. The number of rotatable bonds is 3. The van der Waals surface area contributed by atoms with E-state index in [1.54, 1.807) is 0 Å². The molecule has 2 heterocycles. The van der Waals surface area contributed by atoms with E-state index in [9.17, 15) is 4.79 Å². The third-order valence-electron chi connectivity index (χ3n) is 3.77. The Labute approximate surface area is 103 Å². The first-order chi connectivity index (χ1) is 8.25. The molecule has 0 aromatic heterocycles. The smallest absolute Gasteiger partial charge is 0.223 e. The minimum absolute atomic E-state index is 0.190. The maximum atomic E-state index is 12.0. The van der Waals surface area contributed by atoms with Gasteiger partial charge in [0, 0.05) is 25.1 Å². The van der Waals surface area contributed by atoms with E-state index in [4.69, 9.17) is 4.74 Å². The Hall–Kier alpha value is -0.610. The lowest BCUT2D eigenvalue weighted by Crippen LogP contribution is -2.44. The molecule has 2 rings (SSSR count). The average molecular weight is 240 g/mol. The molecule has 0 spiro atoms. The fourth-order valence-corrected chi connectivity index (χ4v) is 2.70. The molecule has 0 aromatic rings. The number of piperidine rings is 1. The van der Waals surface area contributed by atoms with Crippen molar-refractivity contribution in [3.05, 3.63) is 0 Å². The third kappa shape index (κ3) is 3.96. The molecule has 2 N–H and O–H groups in total. The largest absolute Gasteiger partial charge is 0.376 e. The number of carbonyl (C=O) groups excluding carboxylic acids is 1. The highest BCUT2D eigenvalue weighted by molar-refractivity contribution is 5.78. The first kappa shape index (κ1) is 12.8. The molecule has 0 radical (unpaired) electrons. The Balaban J connectivity index is 1.69. The summed E-state index contributed by atoms with van der Waals surface area (Å²) in [4.78, 5) is 12.0. The maximum Gasteiger partial charge on any atom is 0.223 e. The van der Waals surface area contributed by atoms with Crippen LogP contribution < -0.4 is 10.6 Å². The lowest BCUT2D eigenvalue weighted by atomic mass is 9.92. The summed E-state index contributed by atoms with van der Waals surface area (Å²) in [6, 6.07) is 0.463. The highest BCUT2D eigenvalue weighted by atomic mass is 16.5. The van der Waals surface area contributed by atoms with Gasteiger partial charge < -0.3 is 15.4 Å². The normalized spacial score (nSPS) is 34.3. The van der Waals surface area contributed by atoms with Gasteiger partial charge in [0.15, 0.2) is 0 Å². The van der Waals surface area contributed by atoms with Gasteiger partial charge in [0.25, 0.3) is 0 Å². The van der Waals surface area contributed by atoms with Crippen LogP contribution >= 0.6 is 0 Å². The van der Waals surface area contributed by atoms with Gasteiger partial charge in [-0.2, -0.15) is 0 Å². The third-order valence-corrected chi connectivity index (χ3v) is 3.77. The van der Waals surface area contributed by atoms with Gasteiger partial charge in [-0.05, 0) is 45.6 Å². The van der Waals surface area contributed by atoms with Gasteiger partial charge in [-0.15, -0.1) is 0 Å². The Bertz CT molecular complexity index is 252. The van der Waals surface area contributed by atoms with E-state index in [0.29, 0.717) is 12.6 Å². The lowest BCUT2D eigenvalue weighted by molar-refractivity contribution is -0.127. The molecule has 4 nitrogen and oxygen atoms in total. The van der Waals surface area contributed by atoms with Crippen molar-refractivity contribution in [2.75, 3.05) is 19.7 Å². The van der Waals surface area contributed by atoms with Crippen LogP contribution in [0.15, 0.2) is 0 Å². The molecule has 17 heavy (non-hydrogen) atoms. The minimum Gasteiger partial charge on any atom is -0.376 e. The van der Waals surface area contributed by atoms with Crippen molar-refractivity contribution >= 4 is 5.91 Å². The average Bonchev–Trinajstić information content (AvgIpc) is 2.37. The molecule has 3 atom stereocenters. The van der Waals surface area contributed by atoms with Crippen LogP contribution in [0.1, 0.15) is 39.0 Å². The lowest BCUT2D eigenvalue weighted by Gasteiger charge is -2.28. The fraction of sp³-hybridized carbons (Fsp3) is 0.923. The monoisotopic (exact) mass is 240 g/mol. The summed E-state index contributed by atoms with van der Waals surface area (Å²) in [5.74, 6) is 0.405. The van der Waals surface area contributed by atoms with Crippen LogP contribution in [-0.2, 0) is 9.53 Å². The van der Waals surface area contributed by atoms with Gasteiger partial charge in [0.05, 0.1) is 6.10 Å². The van der Waals surface area contributed by atoms with Crippen LogP contribution in [0.5, 0.6) is 0 Å². The van der Waals surface area contributed by atoms with Crippen molar-refractivity contribution in [2.45, 2.75) is 51.2 Å². The molecule has 2 saturated heterocycles.